The number of carbonyl (C=O) groups is 1. The Morgan fingerprint density at radius 3 is 2.52 bits per heavy atom. The molecular weight excluding hydrogens is 393 g/mol. The van der Waals surface area contributed by atoms with Crippen LogP contribution >= 0.6 is 11.8 Å². The van der Waals surface area contributed by atoms with Crippen LogP contribution < -0.4 is 10.6 Å². The fourth-order valence-corrected chi connectivity index (χ4v) is 3.30. The van der Waals surface area contributed by atoms with E-state index in [-0.39, 0.29) is 24.5 Å². The van der Waals surface area contributed by atoms with E-state index in [1.165, 1.54) is 36.0 Å². The quantitative estimate of drug-likeness (QED) is 0.384. The molecule has 29 heavy (non-hydrogen) atoms. The Balaban J connectivity index is 2.04. The van der Waals surface area contributed by atoms with Crippen LogP contribution in [-0.4, -0.2) is 44.9 Å². The molecule has 0 aliphatic rings. The van der Waals surface area contributed by atoms with Crippen molar-refractivity contribution < 1.29 is 14.3 Å². The molecule has 7 nitrogen and oxygen atoms in total. The molecule has 0 unspecified atom stereocenters. The summed E-state index contributed by atoms with van der Waals surface area (Å²) in [6.45, 7) is 2.06. The van der Waals surface area contributed by atoms with E-state index in [0.717, 1.165) is 5.56 Å². The summed E-state index contributed by atoms with van der Waals surface area (Å²) in [7, 11) is 0. The summed E-state index contributed by atoms with van der Waals surface area (Å²) in [5, 5.41) is 15.5. The SMILES string of the molecule is CCSc1nc(-c2ccncc2)nc(NCCO)c1C(=O)Nc1ccc(F)cc1. The van der Waals surface area contributed by atoms with E-state index in [0.29, 0.717) is 28.1 Å². The van der Waals surface area contributed by atoms with E-state index in [1.54, 1.807) is 24.5 Å². The number of aromatic nitrogens is 3. The third-order valence-electron chi connectivity index (χ3n) is 3.83. The molecule has 150 valence electrons. The van der Waals surface area contributed by atoms with Crippen molar-refractivity contribution in [2.75, 3.05) is 29.5 Å². The molecule has 0 radical (unpaired) electrons. The third-order valence-corrected chi connectivity index (χ3v) is 4.69. The van der Waals surface area contributed by atoms with Crippen molar-refractivity contribution in [1.29, 1.82) is 0 Å². The van der Waals surface area contributed by atoms with Crippen molar-refractivity contribution in [3.05, 3.63) is 60.2 Å². The first-order chi connectivity index (χ1) is 14.1. The molecule has 0 atom stereocenters. The van der Waals surface area contributed by atoms with E-state index in [4.69, 9.17) is 0 Å². The summed E-state index contributed by atoms with van der Waals surface area (Å²) < 4.78 is 13.1. The van der Waals surface area contributed by atoms with Gasteiger partial charge in [0.2, 0.25) is 0 Å². The number of nitrogens with zero attached hydrogens (tertiary/aromatic N) is 3. The predicted octanol–water partition coefficient (Wildman–Crippen LogP) is 3.45. The summed E-state index contributed by atoms with van der Waals surface area (Å²) in [4.78, 5) is 26.1. The topological polar surface area (TPSA) is 100 Å². The highest BCUT2D eigenvalue weighted by Gasteiger charge is 2.22. The molecule has 0 bridgehead atoms. The van der Waals surface area contributed by atoms with Gasteiger partial charge in [0, 0.05) is 30.2 Å². The highest BCUT2D eigenvalue weighted by Crippen LogP contribution is 2.30. The number of halogens is 1. The van der Waals surface area contributed by atoms with Crippen molar-refractivity contribution in [2.24, 2.45) is 0 Å². The summed E-state index contributed by atoms with van der Waals surface area (Å²) in [5.41, 5.74) is 1.48. The van der Waals surface area contributed by atoms with Gasteiger partial charge in [-0.2, -0.15) is 0 Å². The number of anilines is 2. The molecule has 0 saturated heterocycles. The smallest absolute Gasteiger partial charge is 0.262 e. The molecule has 3 N–H and O–H groups in total. The number of aliphatic hydroxyl groups excluding tert-OH is 1. The van der Waals surface area contributed by atoms with Gasteiger partial charge in [0.05, 0.1) is 6.61 Å². The number of hydrogen-bond acceptors (Lipinski definition) is 7. The van der Waals surface area contributed by atoms with Crippen LogP contribution in [-0.2, 0) is 0 Å². The van der Waals surface area contributed by atoms with E-state index in [1.807, 2.05) is 6.92 Å². The Morgan fingerprint density at radius 1 is 1.14 bits per heavy atom. The van der Waals surface area contributed by atoms with Gasteiger partial charge in [-0.3, -0.25) is 9.78 Å². The first kappa shape index (κ1) is 20.7. The highest BCUT2D eigenvalue weighted by atomic mass is 32.2. The maximum atomic E-state index is 13.1. The Bertz CT molecular complexity index is 971. The Hall–Kier alpha value is -3.04. The first-order valence-corrected chi connectivity index (χ1v) is 9.97. The molecule has 0 saturated carbocycles. The predicted molar refractivity (Wildman–Crippen MR) is 112 cm³/mol. The number of hydrogen-bond donors (Lipinski definition) is 3. The van der Waals surface area contributed by atoms with Crippen molar-refractivity contribution >= 4 is 29.2 Å². The number of benzene rings is 1. The lowest BCUT2D eigenvalue weighted by molar-refractivity contribution is 0.102. The Labute approximate surface area is 171 Å². The minimum Gasteiger partial charge on any atom is -0.395 e. The maximum absolute atomic E-state index is 13.1. The number of amides is 1. The normalized spacial score (nSPS) is 10.6. The monoisotopic (exact) mass is 413 g/mol. The van der Waals surface area contributed by atoms with Gasteiger partial charge in [0.1, 0.15) is 22.2 Å². The average molecular weight is 413 g/mol. The number of aliphatic hydroxyl groups is 1. The Kier molecular flexibility index (Phi) is 7.09. The van der Waals surface area contributed by atoms with Gasteiger partial charge >= 0.3 is 0 Å². The molecule has 1 aromatic carbocycles. The van der Waals surface area contributed by atoms with Crippen molar-refractivity contribution in [2.45, 2.75) is 11.9 Å². The molecule has 3 aromatic rings. The zero-order valence-corrected chi connectivity index (χ0v) is 16.5. The second-order valence-corrected chi connectivity index (χ2v) is 7.11. The molecule has 0 aliphatic carbocycles. The number of nitrogens with one attached hydrogen (secondary N) is 2. The van der Waals surface area contributed by atoms with Gasteiger partial charge in [-0.05, 0) is 42.2 Å². The number of pyridine rings is 1. The van der Waals surface area contributed by atoms with Crippen LogP contribution in [0.1, 0.15) is 17.3 Å². The number of thioether (sulfide) groups is 1. The van der Waals surface area contributed by atoms with E-state index in [9.17, 15) is 14.3 Å². The number of carbonyl (C=O) groups excluding carboxylic acids is 1. The standard InChI is InChI=1S/C20H20FN5O2S/c1-2-29-20-16(19(28)24-15-5-3-14(21)4-6-15)18(23-11-12-27)25-17(26-20)13-7-9-22-10-8-13/h3-10,27H,2,11-12H2,1H3,(H,24,28)(H,23,25,26). The van der Waals surface area contributed by atoms with Gasteiger partial charge in [-0.15, -0.1) is 11.8 Å². The van der Waals surface area contributed by atoms with Gasteiger partial charge in [0.15, 0.2) is 5.82 Å². The van der Waals surface area contributed by atoms with Crippen LogP contribution in [0.3, 0.4) is 0 Å². The van der Waals surface area contributed by atoms with E-state index < -0.39 is 5.91 Å². The maximum Gasteiger partial charge on any atom is 0.262 e. The lowest BCUT2D eigenvalue weighted by Crippen LogP contribution is -2.20. The summed E-state index contributed by atoms with van der Waals surface area (Å²) in [6, 6.07) is 9.06. The van der Waals surface area contributed by atoms with E-state index in [2.05, 4.69) is 25.6 Å². The second-order valence-electron chi connectivity index (χ2n) is 5.86. The van der Waals surface area contributed by atoms with Crippen LogP contribution in [0.15, 0.2) is 53.8 Å². The van der Waals surface area contributed by atoms with Crippen LogP contribution in [0.2, 0.25) is 0 Å². The van der Waals surface area contributed by atoms with Crippen molar-refractivity contribution in [3.8, 4) is 11.4 Å². The molecule has 1 amide bonds. The highest BCUT2D eigenvalue weighted by molar-refractivity contribution is 7.99. The van der Waals surface area contributed by atoms with Crippen LogP contribution in [0.5, 0.6) is 0 Å². The molecule has 0 aliphatic heterocycles. The first-order valence-electron chi connectivity index (χ1n) is 8.99. The molecule has 2 aromatic heterocycles. The summed E-state index contributed by atoms with van der Waals surface area (Å²) in [5.74, 6) is 0.650. The van der Waals surface area contributed by atoms with E-state index >= 15 is 0 Å². The minimum atomic E-state index is -0.422. The molecular formula is C20H20FN5O2S. The molecule has 0 fully saturated rings. The zero-order chi connectivity index (χ0) is 20.6. The van der Waals surface area contributed by atoms with Crippen LogP contribution in [0.4, 0.5) is 15.9 Å². The van der Waals surface area contributed by atoms with Crippen molar-refractivity contribution in [3.63, 3.8) is 0 Å². The fourth-order valence-electron chi connectivity index (χ4n) is 2.55. The third kappa shape index (κ3) is 5.27. The zero-order valence-electron chi connectivity index (χ0n) is 15.7. The molecule has 3 rings (SSSR count). The summed E-state index contributed by atoms with van der Waals surface area (Å²) >= 11 is 1.41. The summed E-state index contributed by atoms with van der Waals surface area (Å²) in [6.07, 6.45) is 3.28. The lowest BCUT2D eigenvalue weighted by Gasteiger charge is -2.16. The van der Waals surface area contributed by atoms with Crippen molar-refractivity contribution in [1.82, 2.24) is 15.0 Å². The molecule has 9 heteroatoms. The van der Waals surface area contributed by atoms with Gasteiger partial charge in [-0.25, -0.2) is 14.4 Å². The van der Waals surface area contributed by atoms with Crippen LogP contribution in [0.25, 0.3) is 11.4 Å². The lowest BCUT2D eigenvalue weighted by atomic mass is 10.2. The van der Waals surface area contributed by atoms with Gasteiger partial charge < -0.3 is 15.7 Å². The van der Waals surface area contributed by atoms with Gasteiger partial charge in [0.25, 0.3) is 5.91 Å². The second kappa shape index (κ2) is 9.94. The Morgan fingerprint density at radius 2 is 1.86 bits per heavy atom. The number of rotatable bonds is 8. The molecule has 2 heterocycles. The fraction of sp³-hybridized carbons (Fsp3) is 0.200. The average Bonchev–Trinajstić information content (AvgIpc) is 2.74. The largest absolute Gasteiger partial charge is 0.395 e. The van der Waals surface area contributed by atoms with Crippen LogP contribution in [0, 0.1) is 5.82 Å². The van der Waals surface area contributed by atoms with Gasteiger partial charge in [-0.1, -0.05) is 6.92 Å². The minimum absolute atomic E-state index is 0.121. The molecule has 0 spiro atoms.